The van der Waals surface area contributed by atoms with Gasteiger partial charge in [0.05, 0.1) is 11.3 Å². The lowest BCUT2D eigenvalue weighted by Crippen LogP contribution is -2.29. The van der Waals surface area contributed by atoms with Crippen LogP contribution in [0.5, 0.6) is 0 Å². The molecule has 0 saturated heterocycles. The maximum absolute atomic E-state index is 13.1. The molecule has 0 aromatic carbocycles. The Labute approximate surface area is 83.6 Å². The molecule has 80 valence electrons. The van der Waals surface area contributed by atoms with Crippen LogP contribution in [0.15, 0.2) is 15.4 Å². The summed E-state index contributed by atoms with van der Waals surface area (Å²) in [6.07, 6.45) is 0.530. The summed E-state index contributed by atoms with van der Waals surface area (Å²) >= 11 is 0. The molecule has 0 spiro atoms. The summed E-state index contributed by atoms with van der Waals surface area (Å²) in [5.74, 6) is -0.438. The summed E-state index contributed by atoms with van der Waals surface area (Å²) in [4.78, 5) is 26.8. The van der Waals surface area contributed by atoms with E-state index in [4.69, 9.17) is 4.74 Å². The van der Waals surface area contributed by atoms with Crippen LogP contribution >= 0.6 is 0 Å². The van der Waals surface area contributed by atoms with Crippen LogP contribution < -0.4 is 11.2 Å². The van der Waals surface area contributed by atoms with Crippen molar-refractivity contribution in [3.63, 3.8) is 0 Å². The highest BCUT2D eigenvalue weighted by atomic mass is 19.1. The fraction of sp³-hybridized carbons (Fsp3) is 0.333. The lowest BCUT2D eigenvalue weighted by Gasteiger charge is -2.19. The third-order valence-corrected chi connectivity index (χ3v) is 2.30. The van der Waals surface area contributed by atoms with Crippen LogP contribution in [0.1, 0.15) is 23.8 Å². The Hall–Kier alpha value is -1.69. The fourth-order valence-electron chi connectivity index (χ4n) is 1.61. The first-order valence-corrected chi connectivity index (χ1v) is 4.37. The van der Waals surface area contributed by atoms with E-state index >= 15 is 0 Å². The number of aromatic nitrogens is 2. The van der Waals surface area contributed by atoms with Gasteiger partial charge in [0.2, 0.25) is 0 Å². The molecule has 6 heteroatoms. The van der Waals surface area contributed by atoms with Gasteiger partial charge in [-0.2, -0.15) is 0 Å². The number of ether oxygens (including phenoxy) is 1. The van der Waals surface area contributed by atoms with E-state index in [1.807, 2.05) is 4.98 Å². The van der Waals surface area contributed by atoms with E-state index in [-0.39, 0.29) is 12.0 Å². The highest BCUT2D eigenvalue weighted by Crippen LogP contribution is 2.30. The van der Waals surface area contributed by atoms with Crippen LogP contribution in [0.4, 0.5) is 4.39 Å². The van der Waals surface area contributed by atoms with Crippen LogP contribution in [0.25, 0.3) is 6.08 Å². The molecule has 15 heavy (non-hydrogen) atoms. The summed E-state index contributed by atoms with van der Waals surface area (Å²) < 4.78 is 18.1. The SMILES string of the molecule is COC1CC(F)=Cc2c1[nH]c(=O)[nH]c2=O. The minimum Gasteiger partial charge on any atom is -0.375 e. The molecule has 1 heterocycles. The zero-order valence-electron chi connectivity index (χ0n) is 7.96. The van der Waals surface area contributed by atoms with Gasteiger partial charge in [0, 0.05) is 13.5 Å². The van der Waals surface area contributed by atoms with Crippen molar-refractivity contribution < 1.29 is 9.13 Å². The number of methoxy groups -OCH3 is 1. The Bertz CT molecular complexity index is 529. The smallest absolute Gasteiger partial charge is 0.326 e. The van der Waals surface area contributed by atoms with E-state index in [1.54, 1.807) is 0 Å². The lowest BCUT2D eigenvalue weighted by molar-refractivity contribution is 0.0932. The van der Waals surface area contributed by atoms with Gasteiger partial charge in [-0.25, -0.2) is 9.18 Å². The molecule has 2 rings (SSSR count). The van der Waals surface area contributed by atoms with E-state index < -0.39 is 23.2 Å². The molecule has 0 aliphatic heterocycles. The number of fused-ring (bicyclic) bond motifs is 1. The van der Waals surface area contributed by atoms with E-state index in [0.29, 0.717) is 5.69 Å². The average molecular weight is 212 g/mol. The fourth-order valence-corrected chi connectivity index (χ4v) is 1.61. The third-order valence-electron chi connectivity index (χ3n) is 2.30. The normalized spacial score (nSPS) is 19.6. The largest absolute Gasteiger partial charge is 0.375 e. The first-order chi connectivity index (χ1) is 7.11. The number of hydrogen-bond donors (Lipinski definition) is 2. The molecule has 2 N–H and O–H groups in total. The molecule has 1 aromatic rings. The minimum atomic E-state index is -0.614. The van der Waals surface area contributed by atoms with Crippen LogP contribution in [0.3, 0.4) is 0 Å². The van der Waals surface area contributed by atoms with Gasteiger partial charge in [-0.15, -0.1) is 0 Å². The van der Waals surface area contributed by atoms with Gasteiger partial charge >= 0.3 is 5.69 Å². The van der Waals surface area contributed by atoms with Crippen LogP contribution in [0, 0.1) is 0 Å². The van der Waals surface area contributed by atoms with E-state index in [1.165, 1.54) is 7.11 Å². The van der Waals surface area contributed by atoms with Gasteiger partial charge in [0.15, 0.2) is 0 Å². The van der Waals surface area contributed by atoms with Gasteiger partial charge < -0.3 is 9.72 Å². The van der Waals surface area contributed by atoms with Gasteiger partial charge in [0.1, 0.15) is 11.9 Å². The molecule has 1 aliphatic rings. The highest BCUT2D eigenvalue weighted by molar-refractivity contribution is 5.55. The molecule has 0 saturated carbocycles. The molecule has 5 nitrogen and oxygen atoms in total. The predicted molar refractivity (Wildman–Crippen MR) is 51.1 cm³/mol. The van der Waals surface area contributed by atoms with Crippen LogP contribution in [0.2, 0.25) is 0 Å². The molecular formula is C9H9FN2O3. The number of aromatic amines is 2. The van der Waals surface area contributed by atoms with Crippen molar-refractivity contribution in [1.29, 1.82) is 0 Å². The maximum atomic E-state index is 13.1. The van der Waals surface area contributed by atoms with E-state index in [0.717, 1.165) is 6.08 Å². The second-order valence-corrected chi connectivity index (χ2v) is 3.26. The molecule has 1 atom stereocenters. The van der Waals surface area contributed by atoms with Gasteiger partial charge in [-0.3, -0.25) is 9.78 Å². The Morgan fingerprint density at radius 1 is 1.47 bits per heavy atom. The minimum absolute atomic E-state index is 0.0306. The van der Waals surface area contributed by atoms with Crippen molar-refractivity contribution in [1.82, 2.24) is 9.97 Å². The molecule has 0 amide bonds. The maximum Gasteiger partial charge on any atom is 0.326 e. The summed E-state index contributed by atoms with van der Waals surface area (Å²) in [7, 11) is 1.40. The molecule has 1 aliphatic carbocycles. The standard InChI is InChI=1S/C9H9FN2O3/c1-15-6-3-4(10)2-5-7(6)11-9(14)12-8(5)13/h2,6H,3H2,1H3,(H2,11,12,13,14). The summed E-state index contributed by atoms with van der Waals surface area (Å²) in [5, 5.41) is 0. The zero-order chi connectivity index (χ0) is 11.0. The molecule has 0 bridgehead atoms. The number of nitrogens with one attached hydrogen (secondary N) is 2. The first-order valence-electron chi connectivity index (χ1n) is 4.37. The summed E-state index contributed by atoms with van der Waals surface area (Å²) in [5.41, 5.74) is -0.778. The van der Waals surface area contributed by atoms with Crippen LogP contribution in [-0.4, -0.2) is 17.1 Å². The third kappa shape index (κ3) is 1.63. The number of rotatable bonds is 1. The van der Waals surface area contributed by atoms with E-state index in [2.05, 4.69) is 4.98 Å². The topological polar surface area (TPSA) is 75.0 Å². The molecule has 0 fully saturated rings. The Morgan fingerprint density at radius 3 is 2.87 bits per heavy atom. The van der Waals surface area contributed by atoms with Crippen molar-refractivity contribution in [2.24, 2.45) is 0 Å². The second-order valence-electron chi connectivity index (χ2n) is 3.26. The number of hydrogen-bond acceptors (Lipinski definition) is 3. The van der Waals surface area contributed by atoms with Crippen molar-refractivity contribution in [3.05, 3.63) is 37.9 Å². The summed E-state index contributed by atoms with van der Waals surface area (Å²) in [6.45, 7) is 0. The Kier molecular flexibility index (Phi) is 2.28. The summed E-state index contributed by atoms with van der Waals surface area (Å²) in [6, 6.07) is 0. The number of halogens is 1. The van der Waals surface area contributed by atoms with Crippen molar-refractivity contribution in [2.45, 2.75) is 12.5 Å². The molecule has 1 aromatic heterocycles. The van der Waals surface area contributed by atoms with Crippen molar-refractivity contribution in [2.75, 3.05) is 7.11 Å². The lowest BCUT2D eigenvalue weighted by atomic mass is 10.0. The molecule has 0 radical (unpaired) electrons. The Balaban J connectivity index is 2.72. The molecule has 1 unspecified atom stereocenters. The Morgan fingerprint density at radius 2 is 2.20 bits per heavy atom. The van der Waals surface area contributed by atoms with Gasteiger partial charge in [-0.1, -0.05) is 0 Å². The quantitative estimate of drug-likeness (QED) is 0.710. The molecular weight excluding hydrogens is 203 g/mol. The monoisotopic (exact) mass is 212 g/mol. The zero-order valence-corrected chi connectivity index (χ0v) is 7.96. The first kappa shape index (κ1) is 9.85. The van der Waals surface area contributed by atoms with Crippen molar-refractivity contribution >= 4 is 6.08 Å². The average Bonchev–Trinajstić information content (AvgIpc) is 2.18. The van der Waals surface area contributed by atoms with Crippen molar-refractivity contribution in [3.8, 4) is 0 Å². The number of H-pyrrole nitrogens is 2. The van der Waals surface area contributed by atoms with Gasteiger partial charge in [0.25, 0.3) is 5.56 Å². The van der Waals surface area contributed by atoms with E-state index in [9.17, 15) is 14.0 Å². The van der Waals surface area contributed by atoms with Gasteiger partial charge in [-0.05, 0) is 6.08 Å². The highest BCUT2D eigenvalue weighted by Gasteiger charge is 2.24. The predicted octanol–water partition coefficient (Wildman–Crippen LogP) is 0.465. The second kappa shape index (κ2) is 3.47. The van der Waals surface area contributed by atoms with Crippen LogP contribution in [-0.2, 0) is 4.74 Å².